The second-order valence-corrected chi connectivity index (χ2v) is 6.89. The van der Waals surface area contributed by atoms with Gasteiger partial charge in [-0.05, 0) is 41.5 Å². The van der Waals surface area contributed by atoms with Gasteiger partial charge in [-0.25, -0.2) is 4.98 Å². The number of rotatable bonds is 4. The predicted molar refractivity (Wildman–Crippen MR) is 112 cm³/mol. The van der Waals surface area contributed by atoms with Crippen LogP contribution in [0.4, 0.5) is 10.8 Å². The Bertz CT molecular complexity index is 1080. The second-order valence-electron chi connectivity index (χ2n) is 6.03. The van der Waals surface area contributed by atoms with Gasteiger partial charge in [-0.2, -0.15) is 5.10 Å². The normalized spacial score (nSPS) is 11.7. The first-order valence-electron chi connectivity index (χ1n) is 8.30. The van der Waals surface area contributed by atoms with Gasteiger partial charge in [-0.15, -0.1) is 11.3 Å². The van der Waals surface area contributed by atoms with Crippen molar-refractivity contribution < 1.29 is 0 Å². The highest BCUT2D eigenvalue weighted by Gasteiger charge is 2.05. The SMILES string of the molecule is CC(=NNc1nc(-c2ccc3ccccc3c2)cs1)c1ccc(N)cc1. The number of nitrogens with one attached hydrogen (secondary N) is 1. The van der Waals surface area contributed by atoms with Crippen LogP contribution in [0.3, 0.4) is 0 Å². The number of fused-ring (bicyclic) bond motifs is 1. The van der Waals surface area contributed by atoms with Crippen molar-refractivity contribution in [2.75, 3.05) is 11.2 Å². The molecule has 3 aromatic carbocycles. The third-order valence-electron chi connectivity index (χ3n) is 4.20. The summed E-state index contributed by atoms with van der Waals surface area (Å²) in [5, 5.41) is 9.68. The molecule has 4 nitrogen and oxygen atoms in total. The zero-order valence-corrected chi connectivity index (χ0v) is 15.1. The van der Waals surface area contributed by atoms with Gasteiger partial charge in [0.1, 0.15) is 0 Å². The van der Waals surface area contributed by atoms with Gasteiger partial charge in [0.15, 0.2) is 0 Å². The van der Waals surface area contributed by atoms with Gasteiger partial charge in [0.25, 0.3) is 0 Å². The lowest BCUT2D eigenvalue weighted by Crippen LogP contribution is -1.99. The first kappa shape index (κ1) is 16.3. The van der Waals surface area contributed by atoms with Gasteiger partial charge in [0.2, 0.25) is 5.13 Å². The number of benzene rings is 3. The van der Waals surface area contributed by atoms with Gasteiger partial charge in [0.05, 0.1) is 11.4 Å². The van der Waals surface area contributed by atoms with Crippen LogP contribution in [0.5, 0.6) is 0 Å². The maximum Gasteiger partial charge on any atom is 0.203 e. The lowest BCUT2D eigenvalue weighted by molar-refractivity contribution is 1.27. The molecule has 128 valence electrons. The van der Waals surface area contributed by atoms with Crippen molar-refractivity contribution >= 4 is 38.6 Å². The van der Waals surface area contributed by atoms with Crippen molar-refractivity contribution in [3.8, 4) is 11.3 Å². The fourth-order valence-electron chi connectivity index (χ4n) is 2.73. The molecule has 4 aromatic rings. The van der Waals surface area contributed by atoms with Crippen molar-refractivity contribution in [3.63, 3.8) is 0 Å². The van der Waals surface area contributed by atoms with E-state index in [0.29, 0.717) is 0 Å². The fourth-order valence-corrected chi connectivity index (χ4v) is 3.39. The Hall–Kier alpha value is -3.18. The highest BCUT2D eigenvalue weighted by atomic mass is 32.1. The van der Waals surface area contributed by atoms with Gasteiger partial charge < -0.3 is 5.73 Å². The van der Waals surface area contributed by atoms with E-state index in [-0.39, 0.29) is 0 Å². The van der Waals surface area contributed by atoms with Crippen LogP contribution < -0.4 is 11.2 Å². The molecule has 5 heteroatoms. The number of nitrogen functional groups attached to an aromatic ring is 1. The molecule has 0 bridgehead atoms. The minimum Gasteiger partial charge on any atom is -0.399 e. The quantitative estimate of drug-likeness (QED) is 0.292. The number of anilines is 2. The fraction of sp³-hybridized carbons (Fsp3) is 0.0476. The molecule has 1 heterocycles. The number of aromatic nitrogens is 1. The van der Waals surface area contributed by atoms with Gasteiger partial charge >= 0.3 is 0 Å². The van der Waals surface area contributed by atoms with Crippen LogP contribution in [0.15, 0.2) is 77.2 Å². The molecular formula is C21H18N4S. The first-order valence-corrected chi connectivity index (χ1v) is 9.18. The Morgan fingerprint density at radius 2 is 1.77 bits per heavy atom. The molecular weight excluding hydrogens is 340 g/mol. The predicted octanol–water partition coefficient (Wildman–Crippen LogP) is 5.38. The molecule has 26 heavy (non-hydrogen) atoms. The average Bonchev–Trinajstić information content (AvgIpc) is 3.15. The molecule has 3 N–H and O–H groups in total. The summed E-state index contributed by atoms with van der Waals surface area (Å²) in [5.41, 5.74) is 13.5. The summed E-state index contributed by atoms with van der Waals surface area (Å²) < 4.78 is 0. The summed E-state index contributed by atoms with van der Waals surface area (Å²) in [5.74, 6) is 0. The minimum atomic E-state index is 0.745. The van der Waals surface area contributed by atoms with Crippen LogP contribution in [0.1, 0.15) is 12.5 Å². The number of nitrogens with zero attached hydrogens (tertiary/aromatic N) is 2. The summed E-state index contributed by atoms with van der Waals surface area (Å²) in [7, 11) is 0. The molecule has 0 spiro atoms. The topological polar surface area (TPSA) is 63.3 Å². The molecule has 0 aliphatic rings. The summed E-state index contributed by atoms with van der Waals surface area (Å²) in [6.45, 7) is 1.95. The van der Waals surface area contributed by atoms with E-state index in [9.17, 15) is 0 Å². The molecule has 1 aromatic heterocycles. The maximum atomic E-state index is 5.72. The Kier molecular flexibility index (Phi) is 4.37. The summed E-state index contributed by atoms with van der Waals surface area (Å²) in [6, 6.07) is 22.4. The van der Waals surface area contributed by atoms with Gasteiger partial charge in [-0.3, -0.25) is 5.43 Å². The molecule has 0 radical (unpaired) electrons. The van der Waals surface area contributed by atoms with Gasteiger partial charge in [-0.1, -0.05) is 48.5 Å². The number of nitrogens with two attached hydrogens (primary N) is 1. The molecule has 0 saturated carbocycles. The van der Waals surface area contributed by atoms with E-state index in [1.807, 2.05) is 42.6 Å². The summed E-state index contributed by atoms with van der Waals surface area (Å²) in [6.07, 6.45) is 0. The molecule has 0 unspecified atom stereocenters. The molecule has 0 fully saturated rings. The van der Waals surface area contributed by atoms with Crippen LogP contribution in [0.25, 0.3) is 22.0 Å². The van der Waals surface area contributed by atoms with Gasteiger partial charge in [0, 0.05) is 16.6 Å². The second kappa shape index (κ2) is 6.98. The monoisotopic (exact) mass is 358 g/mol. The largest absolute Gasteiger partial charge is 0.399 e. The van der Waals surface area contributed by atoms with E-state index in [4.69, 9.17) is 5.73 Å². The molecule has 0 amide bonds. The van der Waals surface area contributed by atoms with Crippen molar-refractivity contribution in [1.82, 2.24) is 4.98 Å². The molecule has 0 aliphatic carbocycles. The summed E-state index contributed by atoms with van der Waals surface area (Å²) in [4.78, 5) is 4.65. The molecule has 0 saturated heterocycles. The van der Waals surface area contributed by atoms with E-state index in [1.54, 1.807) is 11.3 Å². The molecule has 4 rings (SSSR count). The Balaban J connectivity index is 1.53. The summed E-state index contributed by atoms with van der Waals surface area (Å²) >= 11 is 1.54. The Morgan fingerprint density at radius 3 is 2.58 bits per heavy atom. The van der Waals surface area contributed by atoms with Crippen LogP contribution >= 0.6 is 11.3 Å². The highest BCUT2D eigenvalue weighted by Crippen LogP contribution is 2.27. The molecule has 0 atom stereocenters. The smallest absolute Gasteiger partial charge is 0.203 e. The lowest BCUT2D eigenvalue weighted by atomic mass is 10.1. The number of hydrazone groups is 1. The average molecular weight is 358 g/mol. The number of thiazole rings is 1. The van der Waals surface area contributed by atoms with Crippen LogP contribution in [-0.2, 0) is 0 Å². The third kappa shape index (κ3) is 3.43. The third-order valence-corrected chi connectivity index (χ3v) is 4.94. The number of hydrogen-bond acceptors (Lipinski definition) is 5. The minimum absolute atomic E-state index is 0.745. The van der Waals surface area contributed by atoms with E-state index in [2.05, 4.69) is 51.9 Å². The molecule has 0 aliphatic heterocycles. The lowest BCUT2D eigenvalue weighted by Gasteiger charge is -2.02. The van der Waals surface area contributed by atoms with E-state index < -0.39 is 0 Å². The maximum absolute atomic E-state index is 5.72. The Labute approximate surface area is 156 Å². The standard InChI is InChI=1S/C21H18N4S/c1-14(15-8-10-19(22)11-9-15)24-25-21-23-20(13-26-21)18-7-6-16-4-2-3-5-17(16)12-18/h2-13H,22H2,1H3,(H,23,25). The van der Waals surface area contributed by atoms with E-state index >= 15 is 0 Å². The number of hydrogen-bond donors (Lipinski definition) is 2. The zero-order valence-electron chi connectivity index (χ0n) is 14.3. The Morgan fingerprint density at radius 1 is 1.00 bits per heavy atom. The van der Waals surface area contributed by atoms with E-state index in [1.165, 1.54) is 10.8 Å². The first-order chi connectivity index (χ1) is 12.7. The van der Waals surface area contributed by atoms with Crippen LogP contribution in [0.2, 0.25) is 0 Å². The van der Waals surface area contributed by atoms with Crippen LogP contribution in [-0.4, -0.2) is 10.7 Å². The van der Waals surface area contributed by atoms with E-state index in [0.717, 1.165) is 33.4 Å². The zero-order chi connectivity index (χ0) is 17.9. The van der Waals surface area contributed by atoms with Crippen LogP contribution in [0, 0.1) is 0 Å². The van der Waals surface area contributed by atoms with Crippen molar-refractivity contribution in [2.45, 2.75) is 6.92 Å². The highest BCUT2D eigenvalue weighted by molar-refractivity contribution is 7.14. The van der Waals surface area contributed by atoms with Crippen molar-refractivity contribution in [3.05, 3.63) is 77.7 Å². The van der Waals surface area contributed by atoms with Crippen molar-refractivity contribution in [2.24, 2.45) is 5.10 Å². The van der Waals surface area contributed by atoms with Crippen molar-refractivity contribution in [1.29, 1.82) is 0 Å².